The summed E-state index contributed by atoms with van der Waals surface area (Å²) in [6, 6.07) is 4.94. The number of H-pyrrole nitrogens is 2. The number of primary sulfonamides is 1. The molecule has 4 rings (SSSR count). The predicted octanol–water partition coefficient (Wildman–Crippen LogP) is 0.662. The van der Waals surface area contributed by atoms with Crippen LogP contribution in [0.15, 0.2) is 41.7 Å². The molecule has 0 saturated heterocycles. The Balaban J connectivity index is 2.19. The molecule has 144 valence electrons. The van der Waals surface area contributed by atoms with Crippen LogP contribution in [0.5, 0.6) is 0 Å². The third-order valence-electron chi connectivity index (χ3n) is 3.96. The van der Waals surface area contributed by atoms with E-state index in [1.165, 1.54) is 10.8 Å². The Morgan fingerprint density at radius 2 is 1.93 bits per heavy atom. The fraction of sp³-hybridized carbons (Fsp3) is 0.0714. The summed E-state index contributed by atoms with van der Waals surface area (Å²) in [4.78, 5) is 2.98. The van der Waals surface area contributed by atoms with Gasteiger partial charge in [-0.2, -0.15) is 23.5 Å². The molecular formula is C14H10F3N8O2S+. The normalized spacial score (nSPS) is 12.6. The molecule has 0 aliphatic heterocycles. The highest BCUT2D eigenvalue weighted by molar-refractivity contribution is 7.89. The van der Waals surface area contributed by atoms with Crippen molar-refractivity contribution in [2.24, 2.45) is 5.14 Å². The van der Waals surface area contributed by atoms with Crippen molar-refractivity contribution in [3.05, 3.63) is 42.4 Å². The number of rotatable bonds is 3. The number of benzene rings is 1. The lowest BCUT2D eigenvalue weighted by molar-refractivity contribution is -0.577. The number of halogens is 3. The highest BCUT2D eigenvalue weighted by Crippen LogP contribution is 2.43. The summed E-state index contributed by atoms with van der Waals surface area (Å²) in [5.41, 5.74) is -1.10. The lowest BCUT2D eigenvalue weighted by Gasteiger charge is -2.16. The van der Waals surface area contributed by atoms with Crippen molar-refractivity contribution >= 4 is 15.7 Å². The van der Waals surface area contributed by atoms with Gasteiger partial charge in [-0.1, -0.05) is 6.07 Å². The number of hydrogen-bond donors (Lipinski definition) is 3. The molecule has 0 fully saturated rings. The van der Waals surface area contributed by atoms with Crippen molar-refractivity contribution in [1.29, 1.82) is 0 Å². The van der Waals surface area contributed by atoms with Crippen LogP contribution in [0.2, 0.25) is 0 Å². The quantitative estimate of drug-likeness (QED) is 0.422. The van der Waals surface area contributed by atoms with Crippen LogP contribution >= 0.6 is 0 Å². The topological polar surface area (TPSA) is 147 Å². The smallest absolute Gasteiger partial charge is 0.225 e. The molecule has 0 bridgehead atoms. The molecule has 4 aromatic rings. The first-order valence-electron chi connectivity index (χ1n) is 7.53. The van der Waals surface area contributed by atoms with Gasteiger partial charge in [0.2, 0.25) is 22.2 Å². The van der Waals surface area contributed by atoms with Crippen molar-refractivity contribution in [2.45, 2.75) is 11.1 Å². The number of pyridine rings is 1. The molecular weight excluding hydrogens is 401 g/mol. The first-order valence-corrected chi connectivity index (χ1v) is 9.07. The summed E-state index contributed by atoms with van der Waals surface area (Å²) in [5, 5.41) is 20.7. The summed E-state index contributed by atoms with van der Waals surface area (Å²) in [6.45, 7) is 0. The van der Waals surface area contributed by atoms with E-state index in [1.54, 1.807) is 18.3 Å². The maximum Gasteiger partial charge on any atom is 0.417 e. The van der Waals surface area contributed by atoms with E-state index in [0.717, 1.165) is 6.07 Å². The monoisotopic (exact) mass is 411 g/mol. The molecule has 28 heavy (non-hydrogen) atoms. The second-order valence-electron chi connectivity index (χ2n) is 5.65. The maximum atomic E-state index is 13.5. The molecule has 14 heteroatoms. The van der Waals surface area contributed by atoms with Crippen LogP contribution in [0, 0.1) is 0 Å². The Kier molecular flexibility index (Phi) is 3.90. The number of nitrogens with one attached hydrogen (secondary N) is 2. The van der Waals surface area contributed by atoms with Gasteiger partial charge in [-0.3, -0.25) is 0 Å². The summed E-state index contributed by atoms with van der Waals surface area (Å²) in [7, 11) is -4.82. The first kappa shape index (κ1) is 18.0. The van der Waals surface area contributed by atoms with E-state index in [9.17, 15) is 21.6 Å². The molecule has 1 aromatic carbocycles. The first-order chi connectivity index (χ1) is 13.2. The van der Waals surface area contributed by atoms with Crippen LogP contribution in [-0.2, 0) is 16.2 Å². The molecule has 0 saturated carbocycles. The van der Waals surface area contributed by atoms with Gasteiger partial charge in [-0.25, -0.2) is 13.6 Å². The zero-order valence-corrected chi connectivity index (χ0v) is 14.5. The van der Waals surface area contributed by atoms with E-state index in [0.29, 0.717) is 17.3 Å². The molecule has 4 N–H and O–H groups in total. The van der Waals surface area contributed by atoms with Gasteiger partial charge >= 0.3 is 11.8 Å². The lowest BCUT2D eigenvalue weighted by atomic mass is 9.97. The number of fused-ring (bicyclic) bond motifs is 1. The zero-order valence-electron chi connectivity index (χ0n) is 13.6. The van der Waals surface area contributed by atoms with Crippen LogP contribution in [0.1, 0.15) is 5.56 Å². The van der Waals surface area contributed by atoms with Crippen molar-refractivity contribution < 1.29 is 26.1 Å². The number of alkyl halides is 3. The lowest BCUT2D eigenvalue weighted by Crippen LogP contribution is -2.23. The van der Waals surface area contributed by atoms with E-state index >= 15 is 0 Å². The Morgan fingerprint density at radius 1 is 1.14 bits per heavy atom. The molecule has 0 amide bonds. The van der Waals surface area contributed by atoms with E-state index in [-0.39, 0.29) is 11.4 Å². The largest absolute Gasteiger partial charge is 0.417 e. The number of aromatic nitrogens is 7. The molecule has 10 nitrogen and oxygen atoms in total. The number of aromatic amines is 2. The molecule has 0 aliphatic rings. The SMILES string of the molecule is NS(=O)(=O)c1c(C(F)(F)F)ccc(-c2ccc[n+]3[nH]cnc23)c1-c1nn[nH]n1. The highest BCUT2D eigenvalue weighted by Gasteiger charge is 2.40. The van der Waals surface area contributed by atoms with Crippen molar-refractivity contribution in [3.8, 4) is 22.5 Å². The van der Waals surface area contributed by atoms with Crippen LogP contribution in [0.3, 0.4) is 0 Å². The van der Waals surface area contributed by atoms with Gasteiger partial charge in [0.15, 0.2) is 0 Å². The van der Waals surface area contributed by atoms with E-state index in [2.05, 4.69) is 30.7 Å². The molecule has 0 unspecified atom stereocenters. The molecule has 0 aliphatic carbocycles. The average Bonchev–Trinajstić information content (AvgIpc) is 3.30. The van der Waals surface area contributed by atoms with Gasteiger partial charge < -0.3 is 0 Å². The summed E-state index contributed by atoms with van der Waals surface area (Å²) < 4.78 is 66.5. The Bertz CT molecular complexity index is 1280. The molecule has 3 heterocycles. The second-order valence-corrected chi connectivity index (χ2v) is 7.14. The minimum Gasteiger partial charge on any atom is -0.225 e. The van der Waals surface area contributed by atoms with Gasteiger partial charge in [0, 0.05) is 5.56 Å². The average molecular weight is 411 g/mol. The van der Waals surface area contributed by atoms with Gasteiger partial charge in [-0.15, -0.1) is 14.7 Å². The second kappa shape index (κ2) is 6.07. The Hall–Kier alpha value is -3.39. The van der Waals surface area contributed by atoms with Crippen molar-refractivity contribution in [2.75, 3.05) is 0 Å². The number of nitrogens with zero attached hydrogens (tertiary/aromatic N) is 5. The van der Waals surface area contributed by atoms with Gasteiger partial charge in [0.1, 0.15) is 11.1 Å². The predicted molar refractivity (Wildman–Crippen MR) is 86.7 cm³/mol. The number of nitrogens with two attached hydrogens (primary N) is 1. The molecule has 0 atom stereocenters. The minimum atomic E-state index is -4.98. The van der Waals surface area contributed by atoms with E-state index in [4.69, 9.17) is 5.14 Å². The van der Waals surface area contributed by atoms with Crippen LogP contribution in [-0.4, -0.2) is 39.1 Å². The molecule has 0 radical (unpaired) electrons. The number of hydrogen-bond acceptors (Lipinski definition) is 6. The zero-order chi connectivity index (χ0) is 20.1. The van der Waals surface area contributed by atoms with Crippen LogP contribution < -0.4 is 9.65 Å². The van der Waals surface area contributed by atoms with Crippen LogP contribution in [0.4, 0.5) is 13.2 Å². The third kappa shape index (κ3) is 2.87. The highest BCUT2D eigenvalue weighted by atomic mass is 32.2. The fourth-order valence-electron chi connectivity index (χ4n) is 2.91. The fourth-order valence-corrected chi connectivity index (χ4v) is 3.89. The minimum absolute atomic E-state index is 0.0867. The van der Waals surface area contributed by atoms with E-state index < -0.39 is 32.2 Å². The van der Waals surface area contributed by atoms with E-state index in [1.807, 2.05) is 0 Å². The van der Waals surface area contributed by atoms with Gasteiger partial charge in [0.25, 0.3) is 0 Å². The van der Waals surface area contributed by atoms with Crippen molar-refractivity contribution in [3.63, 3.8) is 0 Å². The molecule has 0 spiro atoms. The third-order valence-corrected chi connectivity index (χ3v) is 4.95. The Morgan fingerprint density at radius 3 is 2.57 bits per heavy atom. The Labute approximate surface area is 154 Å². The summed E-state index contributed by atoms with van der Waals surface area (Å²) in [5.74, 6) is -0.359. The summed E-state index contributed by atoms with van der Waals surface area (Å²) in [6.07, 6.45) is -1.98. The summed E-state index contributed by atoms with van der Waals surface area (Å²) >= 11 is 0. The molecule has 3 aromatic heterocycles. The van der Waals surface area contributed by atoms with Crippen molar-refractivity contribution in [1.82, 2.24) is 30.7 Å². The number of tetrazole rings is 1. The van der Waals surface area contributed by atoms with Crippen LogP contribution in [0.25, 0.3) is 28.2 Å². The number of sulfonamides is 1. The van der Waals surface area contributed by atoms with Gasteiger partial charge in [0.05, 0.1) is 16.7 Å². The maximum absolute atomic E-state index is 13.5. The van der Waals surface area contributed by atoms with Gasteiger partial charge in [-0.05, 0) is 28.4 Å². The standard InChI is InChI=1S/C14H9F3N8O2S/c15-14(16,17)9-4-3-7(8-2-1-5-25-13(8)19-6-20-25)10(11(9)28(18,26)27)12-21-23-24-22-12/h1-6H,(H3,18,21,22,23,24,26,27)/p+1.